The molecule has 7 heteroatoms. The van der Waals surface area contributed by atoms with Gasteiger partial charge in [0.2, 0.25) is 5.91 Å². The van der Waals surface area contributed by atoms with Gasteiger partial charge in [-0.25, -0.2) is 0 Å². The monoisotopic (exact) mass is 340 g/mol. The number of carbonyl (C=O) groups is 1. The van der Waals surface area contributed by atoms with Gasteiger partial charge in [-0.05, 0) is 49.4 Å². The molecule has 0 bridgehead atoms. The molecule has 5 nitrogen and oxygen atoms in total. The summed E-state index contributed by atoms with van der Waals surface area (Å²) in [6.45, 7) is 0.294. The second kappa shape index (κ2) is 7.44. The third-order valence-electron chi connectivity index (χ3n) is 4.57. The van der Waals surface area contributed by atoms with Crippen LogP contribution in [0.15, 0.2) is 18.2 Å². The van der Waals surface area contributed by atoms with E-state index < -0.39 is 6.61 Å². The van der Waals surface area contributed by atoms with E-state index >= 15 is 0 Å². The van der Waals surface area contributed by atoms with E-state index in [4.69, 9.17) is 4.74 Å². The summed E-state index contributed by atoms with van der Waals surface area (Å²) < 4.78 is 34.7. The van der Waals surface area contributed by atoms with Crippen molar-refractivity contribution in [3.63, 3.8) is 0 Å². The van der Waals surface area contributed by atoms with Gasteiger partial charge in [0.25, 0.3) is 0 Å². The SMILES string of the molecule is C[C@H]1OCCN[C@@H]1C(=O)NC1CCCc2cc(OC(F)F)ccc21. The van der Waals surface area contributed by atoms with Crippen LogP contribution in [0.2, 0.25) is 0 Å². The van der Waals surface area contributed by atoms with E-state index in [1.54, 1.807) is 12.1 Å². The van der Waals surface area contributed by atoms with E-state index in [0.717, 1.165) is 30.4 Å². The molecule has 24 heavy (non-hydrogen) atoms. The van der Waals surface area contributed by atoms with Crippen LogP contribution >= 0.6 is 0 Å². The zero-order valence-corrected chi connectivity index (χ0v) is 13.6. The highest BCUT2D eigenvalue weighted by molar-refractivity contribution is 5.83. The lowest BCUT2D eigenvalue weighted by atomic mass is 9.87. The Morgan fingerprint density at radius 2 is 2.29 bits per heavy atom. The van der Waals surface area contributed by atoms with Gasteiger partial charge in [0.1, 0.15) is 11.8 Å². The summed E-state index contributed by atoms with van der Waals surface area (Å²) in [4.78, 5) is 12.5. The summed E-state index contributed by atoms with van der Waals surface area (Å²) >= 11 is 0. The number of morpholine rings is 1. The molecule has 1 heterocycles. The van der Waals surface area contributed by atoms with Crippen molar-refractivity contribution in [2.24, 2.45) is 0 Å². The van der Waals surface area contributed by atoms with E-state index in [9.17, 15) is 13.6 Å². The fourth-order valence-corrected chi connectivity index (χ4v) is 3.41. The number of rotatable bonds is 4. The third kappa shape index (κ3) is 3.84. The van der Waals surface area contributed by atoms with Crippen LogP contribution in [0.5, 0.6) is 5.75 Å². The zero-order chi connectivity index (χ0) is 17.1. The number of hydrogen-bond donors (Lipinski definition) is 2. The number of hydrogen-bond acceptors (Lipinski definition) is 4. The smallest absolute Gasteiger partial charge is 0.387 e. The Bertz CT molecular complexity index is 597. The highest BCUT2D eigenvalue weighted by atomic mass is 19.3. The number of fused-ring (bicyclic) bond motifs is 1. The second-order valence-electron chi connectivity index (χ2n) is 6.20. The molecule has 132 valence electrons. The Labute approximate surface area is 139 Å². The van der Waals surface area contributed by atoms with Crippen LogP contribution in [0, 0.1) is 0 Å². The Kier molecular flexibility index (Phi) is 5.30. The minimum atomic E-state index is -2.83. The number of nitrogens with one attached hydrogen (secondary N) is 2. The van der Waals surface area contributed by atoms with Gasteiger partial charge in [-0.3, -0.25) is 4.79 Å². The van der Waals surface area contributed by atoms with Gasteiger partial charge < -0.3 is 20.1 Å². The van der Waals surface area contributed by atoms with E-state index in [1.165, 1.54) is 6.07 Å². The molecule has 0 spiro atoms. The summed E-state index contributed by atoms with van der Waals surface area (Å²) in [5.41, 5.74) is 1.92. The number of alkyl halides is 2. The van der Waals surface area contributed by atoms with Crippen LogP contribution in [0.4, 0.5) is 8.78 Å². The number of halogens is 2. The maximum absolute atomic E-state index is 12.5. The van der Waals surface area contributed by atoms with Crippen molar-refractivity contribution in [2.75, 3.05) is 13.2 Å². The van der Waals surface area contributed by atoms with Gasteiger partial charge in [0.15, 0.2) is 0 Å². The molecule has 0 radical (unpaired) electrons. The number of carbonyl (C=O) groups excluding carboxylic acids is 1. The molecule has 0 saturated carbocycles. The number of benzene rings is 1. The molecule has 1 aliphatic carbocycles. The van der Waals surface area contributed by atoms with Crippen LogP contribution < -0.4 is 15.4 Å². The molecule has 1 aromatic rings. The number of aryl methyl sites for hydroxylation is 1. The molecular formula is C17H22F2N2O3. The third-order valence-corrected chi connectivity index (χ3v) is 4.57. The van der Waals surface area contributed by atoms with Crippen molar-refractivity contribution < 1.29 is 23.0 Å². The Morgan fingerprint density at radius 1 is 1.46 bits per heavy atom. The maximum atomic E-state index is 12.5. The second-order valence-corrected chi connectivity index (χ2v) is 6.20. The lowest BCUT2D eigenvalue weighted by Gasteiger charge is -2.32. The van der Waals surface area contributed by atoms with Crippen molar-refractivity contribution >= 4 is 5.91 Å². The van der Waals surface area contributed by atoms with Gasteiger partial charge in [-0.1, -0.05) is 6.07 Å². The van der Waals surface area contributed by atoms with Crippen molar-refractivity contribution in [3.05, 3.63) is 29.3 Å². The fourth-order valence-electron chi connectivity index (χ4n) is 3.41. The van der Waals surface area contributed by atoms with E-state index in [1.807, 2.05) is 6.92 Å². The standard InChI is InChI=1S/C17H22F2N2O3/c1-10-15(20-7-8-23-10)16(22)21-14-4-2-3-11-9-12(24-17(18)19)5-6-13(11)14/h5-6,9-10,14-15,17,20H,2-4,7-8H2,1H3,(H,21,22)/t10-,14?,15+/m1/s1. The van der Waals surface area contributed by atoms with Crippen LogP contribution in [-0.2, 0) is 16.0 Å². The average molecular weight is 340 g/mol. The van der Waals surface area contributed by atoms with Gasteiger partial charge in [0, 0.05) is 6.54 Å². The molecule has 2 N–H and O–H groups in total. The van der Waals surface area contributed by atoms with Gasteiger partial charge >= 0.3 is 6.61 Å². The zero-order valence-electron chi connectivity index (χ0n) is 13.6. The van der Waals surface area contributed by atoms with Crippen LogP contribution in [0.25, 0.3) is 0 Å². The predicted molar refractivity (Wildman–Crippen MR) is 84.1 cm³/mol. The molecule has 1 aliphatic heterocycles. The Hall–Kier alpha value is -1.73. The summed E-state index contributed by atoms with van der Waals surface area (Å²) in [5, 5.41) is 6.24. The first-order valence-electron chi connectivity index (χ1n) is 8.27. The van der Waals surface area contributed by atoms with Crippen molar-refractivity contribution in [3.8, 4) is 5.75 Å². The van der Waals surface area contributed by atoms with E-state index in [0.29, 0.717) is 13.2 Å². The Morgan fingerprint density at radius 3 is 3.04 bits per heavy atom. The van der Waals surface area contributed by atoms with Gasteiger partial charge in [-0.15, -0.1) is 0 Å². The molecule has 3 rings (SSSR count). The summed E-state index contributed by atoms with van der Waals surface area (Å²) in [6, 6.07) is 4.46. The molecule has 0 aromatic heterocycles. The molecule has 2 aliphatic rings. The van der Waals surface area contributed by atoms with Gasteiger partial charge in [0.05, 0.1) is 18.8 Å². The summed E-state index contributed by atoms with van der Waals surface area (Å²) in [5.74, 6) is 0.0691. The number of ether oxygens (including phenoxy) is 2. The largest absolute Gasteiger partial charge is 0.435 e. The first-order chi connectivity index (χ1) is 11.5. The number of amides is 1. The summed E-state index contributed by atoms with van der Waals surface area (Å²) in [7, 11) is 0. The molecule has 1 aromatic carbocycles. The minimum absolute atomic E-state index is 0.0899. The van der Waals surface area contributed by atoms with Crippen molar-refractivity contribution in [2.45, 2.75) is 51.0 Å². The topological polar surface area (TPSA) is 59.6 Å². The van der Waals surface area contributed by atoms with Crippen LogP contribution in [0.3, 0.4) is 0 Å². The minimum Gasteiger partial charge on any atom is -0.435 e. The fraction of sp³-hybridized carbons (Fsp3) is 0.588. The Balaban J connectivity index is 1.71. The quantitative estimate of drug-likeness (QED) is 0.882. The normalized spacial score (nSPS) is 26.8. The molecule has 1 fully saturated rings. The van der Waals surface area contributed by atoms with Crippen molar-refractivity contribution in [1.82, 2.24) is 10.6 Å². The molecule has 3 atom stereocenters. The predicted octanol–water partition coefficient (Wildman–Crippen LogP) is 2.16. The molecular weight excluding hydrogens is 318 g/mol. The van der Waals surface area contributed by atoms with E-state index in [2.05, 4.69) is 15.4 Å². The maximum Gasteiger partial charge on any atom is 0.387 e. The highest BCUT2D eigenvalue weighted by Gasteiger charge is 2.31. The van der Waals surface area contributed by atoms with Crippen LogP contribution in [0.1, 0.15) is 36.9 Å². The van der Waals surface area contributed by atoms with Gasteiger partial charge in [-0.2, -0.15) is 8.78 Å². The van der Waals surface area contributed by atoms with Crippen LogP contribution in [-0.4, -0.2) is 37.8 Å². The highest BCUT2D eigenvalue weighted by Crippen LogP contribution is 2.32. The molecule has 1 amide bonds. The average Bonchev–Trinajstić information content (AvgIpc) is 2.54. The molecule has 1 unspecified atom stereocenters. The lowest BCUT2D eigenvalue weighted by Crippen LogP contribution is -2.56. The first kappa shape index (κ1) is 17.1. The summed E-state index contributed by atoms with van der Waals surface area (Å²) in [6.07, 6.45) is 2.34. The van der Waals surface area contributed by atoms with Crippen molar-refractivity contribution in [1.29, 1.82) is 0 Å². The first-order valence-corrected chi connectivity index (χ1v) is 8.27. The lowest BCUT2D eigenvalue weighted by molar-refractivity contribution is -0.129. The van der Waals surface area contributed by atoms with E-state index in [-0.39, 0.29) is 29.8 Å². The molecule has 1 saturated heterocycles.